The molecule has 3 heterocycles. The Morgan fingerprint density at radius 3 is 2.42 bits per heavy atom. The van der Waals surface area contributed by atoms with E-state index in [-0.39, 0.29) is 17.4 Å². The van der Waals surface area contributed by atoms with Gasteiger partial charge >= 0.3 is 11.7 Å². The van der Waals surface area contributed by atoms with Crippen LogP contribution in [0.5, 0.6) is 0 Å². The smallest absolute Gasteiger partial charge is 0.338 e. The Morgan fingerprint density at radius 2 is 1.76 bits per heavy atom. The van der Waals surface area contributed by atoms with Crippen LogP contribution in [-0.4, -0.2) is 32.0 Å². The van der Waals surface area contributed by atoms with Gasteiger partial charge in [0.2, 0.25) is 0 Å². The number of benzene rings is 2. The molecule has 0 radical (unpaired) electrons. The van der Waals surface area contributed by atoms with E-state index in [1.807, 2.05) is 48.7 Å². The summed E-state index contributed by atoms with van der Waals surface area (Å²) in [7, 11) is 3.46. The van der Waals surface area contributed by atoms with Crippen molar-refractivity contribution in [3.63, 3.8) is 0 Å². The highest BCUT2D eigenvalue weighted by Crippen LogP contribution is 2.32. The summed E-state index contributed by atoms with van der Waals surface area (Å²) in [5, 5.41) is 0. The minimum Gasteiger partial charge on any atom is -0.459 e. The minimum atomic E-state index is -0.659. The van der Waals surface area contributed by atoms with Crippen molar-refractivity contribution in [3.05, 3.63) is 95.0 Å². The van der Waals surface area contributed by atoms with Crippen LogP contribution in [0.25, 0.3) is 17.1 Å². The number of thiazole rings is 1. The molecule has 0 N–H and O–H groups in total. The first kappa shape index (κ1) is 26.0. The highest BCUT2D eigenvalue weighted by atomic mass is 32.2. The normalized spacial score (nSPS) is 15.8. The monoisotopic (exact) mass is 548 g/mol. The molecule has 8 nitrogen and oxygen atoms in total. The molecule has 0 amide bonds. The molecule has 0 fully saturated rings. The summed E-state index contributed by atoms with van der Waals surface area (Å²) in [6, 6.07) is 12.8. The van der Waals surface area contributed by atoms with Gasteiger partial charge in [0.15, 0.2) is 4.80 Å². The number of carbonyl (C=O) groups excluding carboxylic acids is 1. The van der Waals surface area contributed by atoms with E-state index in [4.69, 9.17) is 4.74 Å². The molecular weight excluding hydrogens is 520 g/mol. The summed E-state index contributed by atoms with van der Waals surface area (Å²) in [6.45, 7) is 5.37. The summed E-state index contributed by atoms with van der Waals surface area (Å²) in [5.74, 6) is -0.482. The lowest BCUT2D eigenvalue weighted by Gasteiger charge is -2.25. The fourth-order valence-electron chi connectivity index (χ4n) is 4.73. The van der Waals surface area contributed by atoms with Crippen molar-refractivity contribution < 1.29 is 9.53 Å². The number of aryl methyl sites for hydroxylation is 2. The number of hydrogen-bond donors (Lipinski definition) is 0. The van der Waals surface area contributed by atoms with E-state index in [0.717, 1.165) is 27.1 Å². The molecule has 4 aromatic rings. The number of allylic oxidation sites excluding steroid dienone is 1. The van der Waals surface area contributed by atoms with Crippen LogP contribution in [0.3, 0.4) is 0 Å². The SMILES string of the molecule is CSc1ccc([C@H]2C(C(=O)OC(C)C)=C(C)N=c3s/c(=C/c4ccc5c(c4)n(C)c(=O)n5C)c(=O)n32)cc1. The Hall–Kier alpha value is -3.63. The average molecular weight is 549 g/mol. The number of carbonyl (C=O) groups is 1. The Balaban J connectivity index is 1.70. The lowest BCUT2D eigenvalue weighted by atomic mass is 9.96. The van der Waals surface area contributed by atoms with Gasteiger partial charge in [-0.1, -0.05) is 29.5 Å². The van der Waals surface area contributed by atoms with Gasteiger partial charge < -0.3 is 4.74 Å². The highest BCUT2D eigenvalue weighted by molar-refractivity contribution is 7.98. The third kappa shape index (κ3) is 4.37. The molecule has 0 saturated carbocycles. The Morgan fingerprint density at radius 1 is 1.08 bits per heavy atom. The molecule has 0 bridgehead atoms. The van der Waals surface area contributed by atoms with Crippen LogP contribution < -0.4 is 20.6 Å². The van der Waals surface area contributed by atoms with Crippen molar-refractivity contribution in [2.45, 2.75) is 37.8 Å². The van der Waals surface area contributed by atoms with Gasteiger partial charge in [0.25, 0.3) is 5.56 Å². The van der Waals surface area contributed by atoms with Crippen LogP contribution >= 0.6 is 23.1 Å². The topological polar surface area (TPSA) is 87.6 Å². The number of nitrogens with zero attached hydrogens (tertiary/aromatic N) is 4. The number of aromatic nitrogens is 3. The van der Waals surface area contributed by atoms with Crippen molar-refractivity contribution in [1.29, 1.82) is 0 Å². The van der Waals surface area contributed by atoms with Crippen molar-refractivity contribution in [3.8, 4) is 0 Å². The fourth-order valence-corrected chi connectivity index (χ4v) is 6.18. The molecule has 10 heteroatoms. The molecule has 5 rings (SSSR count). The summed E-state index contributed by atoms with van der Waals surface area (Å²) in [5.41, 5.74) is 3.73. The van der Waals surface area contributed by atoms with E-state index in [0.29, 0.717) is 20.6 Å². The number of fused-ring (bicyclic) bond motifs is 2. The van der Waals surface area contributed by atoms with Crippen LogP contribution in [0.15, 0.2) is 73.2 Å². The number of thioether (sulfide) groups is 1. The number of imidazole rings is 1. The maximum Gasteiger partial charge on any atom is 0.338 e. The fraction of sp³-hybridized carbons (Fsp3) is 0.286. The number of rotatable bonds is 5. The van der Waals surface area contributed by atoms with Crippen molar-refractivity contribution in [1.82, 2.24) is 13.7 Å². The molecule has 2 aromatic heterocycles. The third-order valence-electron chi connectivity index (χ3n) is 6.61. The summed E-state index contributed by atoms with van der Waals surface area (Å²) >= 11 is 2.90. The van der Waals surface area contributed by atoms with Crippen LogP contribution in [0.2, 0.25) is 0 Å². The highest BCUT2D eigenvalue weighted by Gasteiger charge is 2.33. The van der Waals surface area contributed by atoms with Crippen LogP contribution in [0, 0.1) is 0 Å². The van der Waals surface area contributed by atoms with Crippen LogP contribution in [-0.2, 0) is 23.6 Å². The molecule has 1 atom stereocenters. The van der Waals surface area contributed by atoms with Gasteiger partial charge in [-0.3, -0.25) is 18.5 Å². The lowest BCUT2D eigenvalue weighted by Crippen LogP contribution is -2.40. The Bertz CT molecular complexity index is 1850. The lowest BCUT2D eigenvalue weighted by molar-refractivity contribution is -0.143. The predicted molar refractivity (Wildman–Crippen MR) is 151 cm³/mol. The van der Waals surface area contributed by atoms with Crippen LogP contribution in [0.4, 0.5) is 0 Å². The summed E-state index contributed by atoms with van der Waals surface area (Å²) in [6.07, 6.45) is 3.49. The van der Waals surface area contributed by atoms with E-state index in [9.17, 15) is 14.4 Å². The molecule has 0 aliphatic carbocycles. The number of ether oxygens (including phenoxy) is 1. The minimum absolute atomic E-state index is 0.111. The first-order chi connectivity index (χ1) is 18.1. The Kier molecular flexibility index (Phi) is 6.79. The van der Waals surface area contributed by atoms with E-state index in [1.54, 1.807) is 66.4 Å². The standard InChI is InChI=1S/C28H28N4O4S2/c1-15(2)36-26(34)23-16(3)29-27-32(24(23)18-8-10-19(37-6)11-9-18)25(33)22(38-27)14-17-7-12-20-21(13-17)31(5)28(35)30(20)4/h7-15,24H,1-6H3/b22-14+/t24-/m0/s1. The number of esters is 1. The second-order valence-corrected chi connectivity index (χ2v) is 11.3. The molecule has 1 aliphatic rings. The van der Waals surface area contributed by atoms with Gasteiger partial charge in [-0.2, -0.15) is 0 Å². The first-order valence-electron chi connectivity index (χ1n) is 12.1. The predicted octanol–water partition coefficient (Wildman–Crippen LogP) is 3.10. The van der Waals surface area contributed by atoms with Gasteiger partial charge in [-0.25, -0.2) is 14.6 Å². The van der Waals surface area contributed by atoms with Gasteiger partial charge in [0.05, 0.1) is 39.0 Å². The second kappa shape index (κ2) is 9.92. The van der Waals surface area contributed by atoms with E-state index in [1.165, 1.54) is 11.3 Å². The molecule has 38 heavy (non-hydrogen) atoms. The number of hydrogen-bond acceptors (Lipinski definition) is 7. The third-order valence-corrected chi connectivity index (χ3v) is 8.34. The molecule has 2 aromatic carbocycles. The molecule has 0 saturated heterocycles. The zero-order valence-electron chi connectivity index (χ0n) is 22.0. The van der Waals surface area contributed by atoms with Gasteiger partial charge in [-0.15, -0.1) is 11.8 Å². The second-order valence-electron chi connectivity index (χ2n) is 9.46. The first-order valence-corrected chi connectivity index (χ1v) is 14.2. The van der Waals surface area contributed by atoms with E-state index < -0.39 is 12.0 Å². The van der Waals surface area contributed by atoms with Gasteiger partial charge in [0, 0.05) is 19.0 Å². The maximum absolute atomic E-state index is 13.9. The van der Waals surface area contributed by atoms with Gasteiger partial charge in [0.1, 0.15) is 0 Å². The molecule has 0 spiro atoms. The van der Waals surface area contributed by atoms with Crippen molar-refractivity contribution in [2.24, 2.45) is 19.1 Å². The summed E-state index contributed by atoms with van der Waals surface area (Å²) in [4.78, 5) is 45.7. The van der Waals surface area contributed by atoms with Crippen molar-refractivity contribution >= 4 is 46.2 Å². The zero-order valence-corrected chi connectivity index (χ0v) is 23.6. The zero-order chi connectivity index (χ0) is 27.3. The maximum atomic E-state index is 13.9. The van der Waals surface area contributed by atoms with E-state index >= 15 is 0 Å². The van der Waals surface area contributed by atoms with Crippen molar-refractivity contribution in [2.75, 3.05) is 6.26 Å². The van der Waals surface area contributed by atoms with Gasteiger partial charge in [-0.05, 0) is 68.5 Å². The average Bonchev–Trinajstić information content (AvgIpc) is 3.30. The molecule has 196 valence electrons. The Labute approximate surface area is 227 Å². The molecule has 0 unspecified atom stereocenters. The quantitative estimate of drug-likeness (QED) is 0.283. The largest absolute Gasteiger partial charge is 0.459 e. The summed E-state index contributed by atoms with van der Waals surface area (Å²) < 4.78 is 10.8. The van der Waals surface area contributed by atoms with Crippen LogP contribution in [0.1, 0.15) is 37.9 Å². The van der Waals surface area contributed by atoms with E-state index in [2.05, 4.69) is 4.99 Å². The molecule has 1 aliphatic heterocycles. The molecular formula is C28H28N4O4S2.